The molecule has 1 rings (SSSR count). The first-order chi connectivity index (χ1) is 5.83. The Balaban J connectivity index is 2.26. The number of nitrogens with two attached hydrogens (primary N) is 1. The van der Waals surface area contributed by atoms with Gasteiger partial charge in [0.1, 0.15) is 0 Å². The lowest BCUT2D eigenvalue weighted by molar-refractivity contribution is 0.463. The number of hydrogen-bond acceptors (Lipinski definition) is 2. The van der Waals surface area contributed by atoms with Gasteiger partial charge in [-0.3, -0.25) is 0 Å². The van der Waals surface area contributed by atoms with Gasteiger partial charge in [-0.2, -0.15) is 0 Å². The van der Waals surface area contributed by atoms with Crippen molar-refractivity contribution in [1.29, 1.82) is 0 Å². The topological polar surface area (TPSA) is 38.0 Å². The molecule has 0 aromatic rings. The molecule has 0 aliphatic heterocycles. The monoisotopic (exact) mass is 170 g/mol. The Morgan fingerprint density at radius 3 is 2.33 bits per heavy atom. The second-order valence-corrected chi connectivity index (χ2v) is 3.96. The van der Waals surface area contributed by atoms with Crippen molar-refractivity contribution >= 4 is 0 Å². The Morgan fingerprint density at radius 2 is 1.58 bits per heavy atom. The molecular formula is C10H22N2. The molecule has 12 heavy (non-hydrogen) atoms. The minimum atomic E-state index is 0.473. The maximum Gasteiger partial charge on any atom is 0.00640 e. The van der Waals surface area contributed by atoms with Crippen molar-refractivity contribution in [3.8, 4) is 0 Å². The van der Waals surface area contributed by atoms with Crippen molar-refractivity contribution in [3.63, 3.8) is 0 Å². The second kappa shape index (κ2) is 5.55. The van der Waals surface area contributed by atoms with E-state index in [4.69, 9.17) is 5.73 Å². The van der Waals surface area contributed by atoms with Crippen LogP contribution in [0.25, 0.3) is 0 Å². The summed E-state index contributed by atoms with van der Waals surface area (Å²) in [5.41, 5.74) is 5.94. The summed E-state index contributed by atoms with van der Waals surface area (Å²) >= 11 is 0. The molecule has 0 aromatic heterocycles. The molecule has 2 heteroatoms. The molecule has 1 saturated carbocycles. The summed E-state index contributed by atoms with van der Waals surface area (Å²) < 4.78 is 0. The van der Waals surface area contributed by atoms with E-state index >= 15 is 0 Å². The summed E-state index contributed by atoms with van der Waals surface area (Å²) in [5.74, 6) is 0. The fourth-order valence-electron chi connectivity index (χ4n) is 2.00. The third kappa shape index (κ3) is 3.55. The van der Waals surface area contributed by atoms with E-state index in [9.17, 15) is 0 Å². The molecule has 0 spiro atoms. The van der Waals surface area contributed by atoms with E-state index in [-0.39, 0.29) is 0 Å². The Hall–Kier alpha value is -0.0800. The van der Waals surface area contributed by atoms with Crippen LogP contribution in [0.2, 0.25) is 0 Å². The van der Waals surface area contributed by atoms with Crippen molar-refractivity contribution in [3.05, 3.63) is 0 Å². The second-order valence-electron chi connectivity index (χ2n) is 3.96. The molecule has 0 radical (unpaired) electrons. The van der Waals surface area contributed by atoms with Gasteiger partial charge >= 0.3 is 0 Å². The number of nitrogens with one attached hydrogen (secondary N) is 1. The predicted octanol–water partition coefficient (Wildman–Crippen LogP) is 1.65. The third-order valence-electron chi connectivity index (χ3n) is 2.91. The Bertz CT molecular complexity index is 114. The summed E-state index contributed by atoms with van der Waals surface area (Å²) in [6.07, 6.45) is 9.06. The molecule has 2 atom stereocenters. The van der Waals surface area contributed by atoms with Crippen molar-refractivity contribution in [1.82, 2.24) is 5.32 Å². The van der Waals surface area contributed by atoms with Crippen LogP contribution in [0.15, 0.2) is 0 Å². The summed E-state index contributed by atoms with van der Waals surface area (Å²) in [5, 5.41) is 3.37. The van der Waals surface area contributed by atoms with E-state index in [0.29, 0.717) is 6.04 Å². The normalized spacial score (nSPS) is 33.5. The molecule has 3 N–H and O–H groups in total. The summed E-state index contributed by atoms with van der Waals surface area (Å²) in [7, 11) is 2.07. The summed E-state index contributed by atoms with van der Waals surface area (Å²) in [6, 6.07) is 1.22. The van der Waals surface area contributed by atoms with Crippen LogP contribution in [0.1, 0.15) is 44.9 Å². The molecule has 72 valence electrons. The zero-order valence-electron chi connectivity index (χ0n) is 8.18. The van der Waals surface area contributed by atoms with Gasteiger partial charge in [-0.15, -0.1) is 0 Å². The highest BCUT2D eigenvalue weighted by Gasteiger charge is 2.10. The number of hydrogen-bond donors (Lipinski definition) is 2. The van der Waals surface area contributed by atoms with Gasteiger partial charge in [0.2, 0.25) is 0 Å². The first-order valence-corrected chi connectivity index (χ1v) is 5.26. The molecule has 0 aromatic carbocycles. The van der Waals surface area contributed by atoms with E-state index in [0.717, 1.165) is 6.04 Å². The van der Waals surface area contributed by atoms with Crippen LogP contribution in [-0.4, -0.2) is 19.1 Å². The molecule has 0 heterocycles. The molecule has 1 aliphatic carbocycles. The Kier molecular flexibility index (Phi) is 4.62. The lowest BCUT2D eigenvalue weighted by Crippen LogP contribution is -2.25. The van der Waals surface area contributed by atoms with Gasteiger partial charge in [-0.05, 0) is 32.7 Å². The van der Waals surface area contributed by atoms with E-state index in [1.807, 2.05) is 0 Å². The molecule has 0 saturated heterocycles. The zero-order valence-corrected chi connectivity index (χ0v) is 8.18. The quantitative estimate of drug-likeness (QED) is 0.628. The predicted molar refractivity (Wildman–Crippen MR) is 53.1 cm³/mol. The first-order valence-electron chi connectivity index (χ1n) is 5.26. The molecule has 0 bridgehead atoms. The van der Waals surface area contributed by atoms with Gasteiger partial charge in [-0.25, -0.2) is 0 Å². The molecule has 2 unspecified atom stereocenters. The zero-order chi connectivity index (χ0) is 8.81. The van der Waals surface area contributed by atoms with E-state index in [1.165, 1.54) is 44.9 Å². The SMILES string of the molecule is CNC1CCCCC(N)CCC1. The fourth-order valence-corrected chi connectivity index (χ4v) is 2.00. The summed E-state index contributed by atoms with van der Waals surface area (Å²) in [4.78, 5) is 0. The highest BCUT2D eigenvalue weighted by atomic mass is 14.9. The van der Waals surface area contributed by atoms with Crippen LogP contribution < -0.4 is 11.1 Å². The van der Waals surface area contributed by atoms with Gasteiger partial charge in [0.15, 0.2) is 0 Å². The van der Waals surface area contributed by atoms with Crippen molar-refractivity contribution < 1.29 is 0 Å². The highest BCUT2D eigenvalue weighted by Crippen LogP contribution is 2.16. The molecular weight excluding hydrogens is 148 g/mol. The lowest BCUT2D eigenvalue weighted by atomic mass is 10.1. The first kappa shape index (κ1) is 10.0. The van der Waals surface area contributed by atoms with E-state index in [1.54, 1.807) is 0 Å². The third-order valence-corrected chi connectivity index (χ3v) is 2.91. The minimum Gasteiger partial charge on any atom is -0.328 e. The van der Waals surface area contributed by atoms with E-state index in [2.05, 4.69) is 12.4 Å². The van der Waals surface area contributed by atoms with Gasteiger partial charge in [-0.1, -0.05) is 19.3 Å². The van der Waals surface area contributed by atoms with Gasteiger partial charge in [0, 0.05) is 12.1 Å². The summed E-state index contributed by atoms with van der Waals surface area (Å²) in [6.45, 7) is 0. The average Bonchev–Trinajstić information content (AvgIpc) is 2.17. The minimum absolute atomic E-state index is 0.473. The van der Waals surface area contributed by atoms with Crippen LogP contribution in [0, 0.1) is 0 Å². The maximum absolute atomic E-state index is 5.94. The molecule has 1 fully saturated rings. The lowest BCUT2D eigenvalue weighted by Gasteiger charge is -2.13. The van der Waals surface area contributed by atoms with Crippen LogP contribution >= 0.6 is 0 Å². The van der Waals surface area contributed by atoms with Crippen LogP contribution in [0.4, 0.5) is 0 Å². The smallest absolute Gasteiger partial charge is 0.00640 e. The van der Waals surface area contributed by atoms with Crippen molar-refractivity contribution in [2.45, 2.75) is 57.0 Å². The van der Waals surface area contributed by atoms with Gasteiger partial charge in [0.25, 0.3) is 0 Å². The van der Waals surface area contributed by atoms with Crippen LogP contribution in [0.3, 0.4) is 0 Å². The maximum atomic E-state index is 5.94. The molecule has 0 amide bonds. The van der Waals surface area contributed by atoms with Crippen molar-refractivity contribution in [2.75, 3.05) is 7.05 Å². The van der Waals surface area contributed by atoms with Crippen molar-refractivity contribution in [2.24, 2.45) is 5.73 Å². The Morgan fingerprint density at radius 1 is 1.00 bits per heavy atom. The highest BCUT2D eigenvalue weighted by molar-refractivity contribution is 4.71. The van der Waals surface area contributed by atoms with Crippen LogP contribution in [-0.2, 0) is 0 Å². The molecule has 1 aliphatic rings. The largest absolute Gasteiger partial charge is 0.328 e. The number of rotatable bonds is 1. The fraction of sp³-hybridized carbons (Fsp3) is 1.00. The van der Waals surface area contributed by atoms with Gasteiger partial charge < -0.3 is 11.1 Å². The average molecular weight is 170 g/mol. The van der Waals surface area contributed by atoms with Crippen LogP contribution in [0.5, 0.6) is 0 Å². The van der Waals surface area contributed by atoms with E-state index < -0.39 is 0 Å². The Labute approximate surface area is 75.9 Å². The molecule has 2 nitrogen and oxygen atoms in total. The standard InChI is InChI=1S/C10H22N2/c1-12-10-7-3-2-5-9(11)6-4-8-10/h9-10,12H,2-8,11H2,1H3. The van der Waals surface area contributed by atoms with Gasteiger partial charge in [0.05, 0.1) is 0 Å².